The third-order valence-corrected chi connectivity index (χ3v) is 2.87. The van der Waals surface area contributed by atoms with Gasteiger partial charge in [0.2, 0.25) is 5.91 Å². The second-order valence-electron chi connectivity index (χ2n) is 4.57. The quantitative estimate of drug-likeness (QED) is 0.408. The van der Waals surface area contributed by atoms with E-state index in [2.05, 4.69) is 17.2 Å². The van der Waals surface area contributed by atoms with Crippen LogP contribution in [0.4, 0.5) is 5.69 Å². The highest BCUT2D eigenvalue weighted by molar-refractivity contribution is 5.91. The van der Waals surface area contributed by atoms with Gasteiger partial charge in [-0.3, -0.25) is 14.9 Å². The van der Waals surface area contributed by atoms with Crippen LogP contribution < -0.4 is 5.32 Å². The van der Waals surface area contributed by atoms with Gasteiger partial charge in [0, 0.05) is 23.8 Å². The highest BCUT2D eigenvalue weighted by atomic mass is 16.6. The number of benzene rings is 2. The zero-order chi connectivity index (χ0) is 16.5. The maximum atomic E-state index is 11.6. The number of non-ortho nitro benzene ring substituents is 1. The van der Waals surface area contributed by atoms with Crippen molar-refractivity contribution in [1.29, 1.82) is 0 Å². The number of hydrogen-bond acceptors (Lipinski definition) is 3. The van der Waals surface area contributed by atoms with Crippen molar-refractivity contribution in [2.24, 2.45) is 0 Å². The lowest BCUT2D eigenvalue weighted by molar-refractivity contribution is -0.384. The summed E-state index contributed by atoms with van der Waals surface area (Å²) in [5.41, 5.74) is 1.46. The number of nitro benzene ring substituents is 1. The molecule has 0 saturated heterocycles. The van der Waals surface area contributed by atoms with Gasteiger partial charge in [-0.15, -0.1) is 0 Å². The van der Waals surface area contributed by atoms with Crippen molar-refractivity contribution >= 4 is 17.7 Å². The Labute approximate surface area is 133 Å². The largest absolute Gasteiger partial charge is 0.342 e. The highest BCUT2D eigenvalue weighted by Crippen LogP contribution is 2.13. The molecule has 2 aromatic carbocycles. The molecule has 0 aliphatic rings. The summed E-state index contributed by atoms with van der Waals surface area (Å²) < 4.78 is 0. The monoisotopic (exact) mass is 306 g/mol. The Morgan fingerprint density at radius 3 is 2.70 bits per heavy atom. The molecule has 0 spiro atoms. The summed E-state index contributed by atoms with van der Waals surface area (Å²) in [7, 11) is 0. The molecule has 0 saturated carbocycles. The highest BCUT2D eigenvalue weighted by Gasteiger charge is 2.03. The first kappa shape index (κ1) is 16.0. The minimum atomic E-state index is -0.476. The van der Waals surface area contributed by atoms with Gasteiger partial charge in [0.05, 0.1) is 11.5 Å². The number of nitro groups is 1. The average Bonchev–Trinajstić information content (AvgIpc) is 2.58. The normalized spacial score (nSPS) is 9.91. The van der Waals surface area contributed by atoms with Crippen LogP contribution in [0.25, 0.3) is 6.08 Å². The van der Waals surface area contributed by atoms with Crippen molar-refractivity contribution in [3.8, 4) is 11.8 Å². The van der Waals surface area contributed by atoms with Crippen LogP contribution in [0.1, 0.15) is 11.1 Å². The molecule has 0 atom stereocenters. The molecule has 2 rings (SSSR count). The van der Waals surface area contributed by atoms with Gasteiger partial charge in [0.1, 0.15) is 0 Å². The Morgan fingerprint density at radius 1 is 1.17 bits per heavy atom. The smallest absolute Gasteiger partial charge is 0.270 e. The zero-order valence-electron chi connectivity index (χ0n) is 12.2. The van der Waals surface area contributed by atoms with Gasteiger partial charge in [0.15, 0.2) is 0 Å². The molecule has 1 N–H and O–H groups in total. The third-order valence-electron chi connectivity index (χ3n) is 2.87. The van der Waals surface area contributed by atoms with Crippen molar-refractivity contribution in [2.45, 2.75) is 0 Å². The molecular formula is C18H14N2O3. The number of carbonyl (C=O) groups excluding carboxylic acids is 1. The van der Waals surface area contributed by atoms with E-state index in [0.717, 1.165) is 5.56 Å². The number of rotatable bonds is 4. The standard InChI is InChI=1S/C18H14N2O3/c21-18(19-13-5-9-15-6-2-1-3-7-15)12-11-16-8-4-10-17(14-16)20(22)23/h1-4,6-8,10-12,14H,13H2,(H,19,21)/b12-11+. The minimum Gasteiger partial charge on any atom is -0.342 e. The van der Waals surface area contributed by atoms with E-state index in [1.807, 2.05) is 30.3 Å². The molecule has 5 heteroatoms. The lowest BCUT2D eigenvalue weighted by atomic mass is 10.2. The van der Waals surface area contributed by atoms with Crippen LogP contribution in [0, 0.1) is 22.0 Å². The molecule has 0 aliphatic carbocycles. The topological polar surface area (TPSA) is 72.2 Å². The van der Waals surface area contributed by atoms with Gasteiger partial charge >= 0.3 is 0 Å². The molecule has 23 heavy (non-hydrogen) atoms. The molecule has 5 nitrogen and oxygen atoms in total. The first-order chi connectivity index (χ1) is 11.1. The second kappa shape index (κ2) is 8.15. The van der Waals surface area contributed by atoms with Crippen molar-refractivity contribution in [1.82, 2.24) is 5.32 Å². The summed E-state index contributed by atoms with van der Waals surface area (Å²) in [5.74, 6) is 5.47. The summed E-state index contributed by atoms with van der Waals surface area (Å²) in [6, 6.07) is 15.5. The molecule has 0 bridgehead atoms. The lowest BCUT2D eigenvalue weighted by Crippen LogP contribution is -2.20. The van der Waals surface area contributed by atoms with Crippen LogP contribution in [-0.2, 0) is 4.79 Å². The maximum absolute atomic E-state index is 11.6. The van der Waals surface area contributed by atoms with Gasteiger partial charge in [-0.25, -0.2) is 0 Å². The summed E-state index contributed by atoms with van der Waals surface area (Å²) >= 11 is 0. The lowest BCUT2D eigenvalue weighted by Gasteiger charge is -1.96. The second-order valence-corrected chi connectivity index (χ2v) is 4.57. The number of amides is 1. The van der Waals surface area contributed by atoms with Crippen molar-refractivity contribution in [3.63, 3.8) is 0 Å². The molecule has 2 aromatic rings. The van der Waals surface area contributed by atoms with E-state index in [9.17, 15) is 14.9 Å². The van der Waals surface area contributed by atoms with Crippen LogP contribution >= 0.6 is 0 Å². The zero-order valence-corrected chi connectivity index (χ0v) is 12.2. The SMILES string of the molecule is O=C(/C=C/c1cccc([N+](=O)[O-])c1)NCC#Cc1ccccc1. The summed E-state index contributed by atoms with van der Waals surface area (Å²) in [6.45, 7) is 0.229. The molecular weight excluding hydrogens is 292 g/mol. The van der Waals surface area contributed by atoms with E-state index in [4.69, 9.17) is 0 Å². The van der Waals surface area contributed by atoms with E-state index in [1.165, 1.54) is 24.3 Å². The fourth-order valence-electron chi connectivity index (χ4n) is 1.77. The van der Waals surface area contributed by atoms with Crippen LogP contribution in [-0.4, -0.2) is 17.4 Å². The van der Waals surface area contributed by atoms with E-state index in [1.54, 1.807) is 12.1 Å². The van der Waals surface area contributed by atoms with Gasteiger partial charge in [-0.1, -0.05) is 42.2 Å². The number of nitrogens with zero attached hydrogens (tertiary/aromatic N) is 1. The van der Waals surface area contributed by atoms with Crippen LogP contribution in [0.5, 0.6) is 0 Å². The Kier molecular flexibility index (Phi) is 5.67. The number of nitrogens with one attached hydrogen (secondary N) is 1. The molecule has 0 aliphatic heterocycles. The summed E-state index contributed by atoms with van der Waals surface area (Å²) in [5, 5.41) is 13.3. The molecule has 0 heterocycles. The molecule has 0 radical (unpaired) electrons. The Hall–Kier alpha value is -3.39. The van der Waals surface area contributed by atoms with Crippen LogP contribution in [0.2, 0.25) is 0 Å². The predicted octanol–water partition coefficient (Wildman–Crippen LogP) is 2.78. The van der Waals surface area contributed by atoms with Gasteiger partial charge in [-0.2, -0.15) is 0 Å². The molecule has 0 unspecified atom stereocenters. The third kappa shape index (κ3) is 5.48. The predicted molar refractivity (Wildman–Crippen MR) is 88.5 cm³/mol. The maximum Gasteiger partial charge on any atom is 0.270 e. The molecule has 0 aromatic heterocycles. The van der Waals surface area contributed by atoms with Crippen LogP contribution in [0.3, 0.4) is 0 Å². The fourth-order valence-corrected chi connectivity index (χ4v) is 1.77. The summed E-state index contributed by atoms with van der Waals surface area (Å²) in [4.78, 5) is 21.8. The molecule has 0 fully saturated rings. The number of carbonyl (C=O) groups is 1. The first-order valence-electron chi connectivity index (χ1n) is 6.89. The summed E-state index contributed by atoms with van der Waals surface area (Å²) in [6.07, 6.45) is 2.84. The minimum absolute atomic E-state index is 0.0127. The Balaban J connectivity index is 1.86. The van der Waals surface area contributed by atoms with Crippen molar-refractivity contribution < 1.29 is 9.72 Å². The van der Waals surface area contributed by atoms with Crippen molar-refractivity contribution in [2.75, 3.05) is 6.54 Å². The average molecular weight is 306 g/mol. The van der Waals surface area contributed by atoms with Gasteiger partial charge in [0.25, 0.3) is 5.69 Å². The van der Waals surface area contributed by atoms with E-state index in [-0.39, 0.29) is 18.1 Å². The molecule has 1 amide bonds. The molecule has 114 valence electrons. The van der Waals surface area contributed by atoms with Gasteiger partial charge < -0.3 is 5.32 Å². The van der Waals surface area contributed by atoms with E-state index in [0.29, 0.717) is 5.56 Å². The van der Waals surface area contributed by atoms with Crippen molar-refractivity contribution in [3.05, 3.63) is 81.9 Å². The Morgan fingerprint density at radius 2 is 1.96 bits per heavy atom. The Bertz CT molecular complexity index is 787. The van der Waals surface area contributed by atoms with E-state index >= 15 is 0 Å². The van der Waals surface area contributed by atoms with E-state index < -0.39 is 4.92 Å². The van der Waals surface area contributed by atoms with Gasteiger partial charge in [-0.05, 0) is 23.8 Å². The van der Waals surface area contributed by atoms with Crippen LogP contribution in [0.15, 0.2) is 60.7 Å². The fraction of sp³-hybridized carbons (Fsp3) is 0.0556. The number of hydrogen-bond donors (Lipinski definition) is 1. The first-order valence-corrected chi connectivity index (χ1v) is 6.89.